The van der Waals surface area contributed by atoms with E-state index in [2.05, 4.69) is 32.7 Å². The molecule has 0 amide bonds. The Balaban J connectivity index is 1.52. The summed E-state index contributed by atoms with van der Waals surface area (Å²) < 4.78 is 5.36. The SMILES string of the molecule is CN=C(NCCCCN1CCOCC1)NCCc1ccc(Cl)cc1. The van der Waals surface area contributed by atoms with Crippen LogP contribution in [0.3, 0.4) is 0 Å². The summed E-state index contributed by atoms with van der Waals surface area (Å²) in [6.07, 6.45) is 3.30. The van der Waals surface area contributed by atoms with Gasteiger partial charge in [-0.15, -0.1) is 0 Å². The molecular formula is C18H29ClN4O. The Morgan fingerprint density at radius 1 is 1.12 bits per heavy atom. The number of rotatable bonds is 8. The third kappa shape index (κ3) is 7.51. The molecule has 0 bridgehead atoms. The van der Waals surface area contributed by atoms with Gasteiger partial charge in [0.2, 0.25) is 0 Å². The predicted octanol–water partition coefficient (Wildman–Crippen LogP) is 2.16. The summed E-state index contributed by atoms with van der Waals surface area (Å²) >= 11 is 5.90. The molecule has 0 spiro atoms. The number of unbranched alkanes of at least 4 members (excludes halogenated alkanes) is 1. The van der Waals surface area contributed by atoms with Crippen molar-refractivity contribution in [2.45, 2.75) is 19.3 Å². The van der Waals surface area contributed by atoms with Crippen LogP contribution in [0, 0.1) is 0 Å². The Morgan fingerprint density at radius 3 is 2.54 bits per heavy atom. The van der Waals surface area contributed by atoms with Crippen LogP contribution in [0.5, 0.6) is 0 Å². The number of benzene rings is 1. The van der Waals surface area contributed by atoms with E-state index in [1.165, 1.54) is 12.0 Å². The van der Waals surface area contributed by atoms with E-state index in [0.29, 0.717) is 0 Å². The van der Waals surface area contributed by atoms with E-state index < -0.39 is 0 Å². The molecule has 134 valence electrons. The summed E-state index contributed by atoms with van der Waals surface area (Å²) in [6.45, 7) is 6.86. The van der Waals surface area contributed by atoms with E-state index in [4.69, 9.17) is 16.3 Å². The molecule has 2 N–H and O–H groups in total. The van der Waals surface area contributed by atoms with E-state index in [1.54, 1.807) is 0 Å². The molecule has 1 fully saturated rings. The van der Waals surface area contributed by atoms with E-state index in [0.717, 1.165) is 69.8 Å². The number of guanidine groups is 1. The van der Waals surface area contributed by atoms with Crippen molar-refractivity contribution in [3.63, 3.8) is 0 Å². The number of ether oxygens (including phenoxy) is 1. The van der Waals surface area contributed by atoms with Gasteiger partial charge in [0.1, 0.15) is 0 Å². The molecule has 1 aliphatic heterocycles. The Labute approximate surface area is 150 Å². The molecule has 1 aromatic carbocycles. The van der Waals surface area contributed by atoms with Crippen LogP contribution in [0.15, 0.2) is 29.3 Å². The van der Waals surface area contributed by atoms with Gasteiger partial charge in [-0.1, -0.05) is 23.7 Å². The lowest BCUT2D eigenvalue weighted by Crippen LogP contribution is -2.39. The molecule has 1 aromatic rings. The summed E-state index contributed by atoms with van der Waals surface area (Å²) in [5.41, 5.74) is 1.27. The highest BCUT2D eigenvalue weighted by Gasteiger charge is 2.09. The van der Waals surface area contributed by atoms with Crippen molar-refractivity contribution >= 4 is 17.6 Å². The maximum Gasteiger partial charge on any atom is 0.190 e. The van der Waals surface area contributed by atoms with E-state index in [1.807, 2.05) is 19.2 Å². The molecule has 5 nitrogen and oxygen atoms in total. The summed E-state index contributed by atoms with van der Waals surface area (Å²) in [7, 11) is 1.81. The predicted molar refractivity (Wildman–Crippen MR) is 101 cm³/mol. The quantitative estimate of drug-likeness (QED) is 0.427. The number of halogens is 1. The van der Waals surface area contributed by atoms with Gasteiger partial charge in [-0.2, -0.15) is 0 Å². The maximum atomic E-state index is 5.90. The van der Waals surface area contributed by atoms with Crippen LogP contribution in [0.1, 0.15) is 18.4 Å². The van der Waals surface area contributed by atoms with Crippen LogP contribution < -0.4 is 10.6 Å². The molecule has 0 aliphatic carbocycles. The second-order valence-corrected chi connectivity index (χ2v) is 6.40. The molecule has 0 saturated carbocycles. The van der Waals surface area contributed by atoms with Crippen LogP contribution >= 0.6 is 11.6 Å². The van der Waals surface area contributed by atoms with Crippen LogP contribution in [0.2, 0.25) is 5.02 Å². The molecule has 0 radical (unpaired) electrons. The van der Waals surface area contributed by atoms with Gasteiger partial charge in [-0.3, -0.25) is 9.89 Å². The Bertz CT molecular complexity index is 486. The number of hydrogen-bond donors (Lipinski definition) is 2. The van der Waals surface area contributed by atoms with Gasteiger partial charge in [0, 0.05) is 38.2 Å². The zero-order valence-electron chi connectivity index (χ0n) is 14.6. The average molecular weight is 353 g/mol. The Morgan fingerprint density at radius 2 is 1.83 bits per heavy atom. The third-order valence-corrected chi connectivity index (χ3v) is 4.39. The standard InChI is InChI=1S/C18H29ClN4O/c1-20-18(22-10-8-16-4-6-17(19)7-5-16)21-9-2-3-11-23-12-14-24-15-13-23/h4-7H,2-3,8-15H2,1H3,(H2,20,21,22). The van der Waals surface area contributed by atoms with Crippen molar-refractivity contribution in [2.75, 3.05) is 53.0 Å². The number of aliphatic imine (C=N–C) groups is 1. The summed E-state index contributed by atoms with van der Waals surface area (Å²) in [5.74, 6) is 0.871. The van der Waals surface area contributed by atoms with Crippen molar-refractivity contribution in [3.8, 4) is 0 Å². The minimum Gasteiger partial charge on any atom is -0.379 e. The smallest absolute Gasteiger partial charge is 0.190 e. The van der Waals surface area contributed by atoms with Gasteiger partial charge in [-0.05, 0) is 43.5 Å². The zero-order valence-corrected chi connectivity index (χ0v) is 15.3. The number of hydrogen-bond acceptors (Lipinski definition) is 3. The highest BCUT2D eigenvalue weighted by Crippen LogP contribution is 2.09. The first-order valence-corrected chi connectivity index (χ1v) is 9.15. The van der Waals surface area contributed by atoms with E-state index in [-0.39, 0.29) is 0 Å². The second-order valence-electron chi connectivity index (χ2n) is 5.96. The van der Waals surface area contributed by atoms with Gasteiger partial charge in [0.05, 0.1) is 13.2 Å². The first-order valence-electron chi connectivity index (χ1n) is 8.77. The number of morpholine rings is 1. The lowest BCUT2D eigenvalue weighted by molar-refractivity contribution is 0.0372. The van der Waals surface area contributed by atoms with Crippen LogP contribution in [0.4, 0.5) is 0 Å². The van der Waals surface area contributed by atoms with Crippen molar-refractivity contribution < 1.29 is 4.74 Å². The zero-order chi connectivity index (χ0) is 17.0. The molecule has 2 rings (SSSR count). The molecule has 1 saturated heterocycles. The molecular weight excluding hydrogens is 324 g/mol. The minimum atomic E-state index is 0.779. The maximum absolute atomic E-state index is 5.90. The van der Waals surface area contributed by atoms with Crippen molar-refractivity contribution in [1.29, 1.82) is 0 Å². The van der Waals surface area contributed by atoms with E-state index in [9.17, 15) is 0 Å². The summed E-state index contributed by atoms with van der Waals surface area (Å²) in [5, 5.41) is 7.51. The first-order chi connectivity index (χ1) is 11.8. The molecule has 0 aromatic heterocycles. The molecule has 0 atom stereocenters. The van der Waals surface area contributed by atoms with Gasteiger partial charge < -0.3 is 15.4 Å². The monoisotopic (exact) mass is 352 g/mol. The molecule has 1 heterocycles. The van der Waals surface area contributed by atoms with Crippen molar-refractivity contribution in [2.24, 2.45) is 4.99 Å². The van der Waals surface area contributed by atoms with Crippen LogP contribution in [-0.4, -0.2) is 63.8 Å². The summed E-state index contributed by atoms with van der Waals surface area (Å²) in [6, 6.07) is 7.98. The summed E-state index contributed by atoms with van der Waals surface area (Å²) in [4.78, 5) is 6.74. The lowest BCUT2D eigenvalue weighted by atomic mass is 10.1. The Kier molecular flexibility index (Phi) is 8.95. The lowest BCUT2D eigenvalue weighted by Gasteiger charge is -2.26. The molecule has 0 unspecified atom stereocenters. The molecule has 24 heavy (non-hydrogen) atoms. The van der Waals surface area contributed by atoms with E-state index >= 15 is 0 Å². The molecule has 6 heteroatoms. The topological polar surface area (TPSA) is 48.9 Å². The fraction of sp³-hybridized carbons (Fsp3) is 0.611. The van der Waals surface area contributed by atoms with Gasteiger partial charge >= 0.3 is 0 Å². The fourth-order valence-corrected chi connectivity index (χ4v) is 2.81. The van der Waals surface area contributed by atoms with Crippen molar-refractivity contribution in [3.05, 3.63) is 34.9 Å². The number of nitrogens with zero attached hydrogens (tertiary/aromatic N) is 2. The normalized spacial score (nSPS) is 16.2. The van der Waals surface area contributed by atoms with Gasteiger partial charge in [0.15, 0.2) is 5.96 Å². The first kappa shape index (κ1) is 19.0. The Hall–Kier alpha value is -1.30. The number of nitrogens with one attached hydrogen (secondary N) is 2. The largest absolute Gasteiger partial charge is 0.379 e. The fourth-order valence-electron chi connectivity index (χ4n) is 2.69. The van der Waals surface area contributed by atoms with Crippen LogP contribution in [0.25, 0.3) is 0 Å². The van der Waals surface area contributed by atoms with Gasteiger partial charge in [-0.25, -0.2) is 0 Å². The highest BCUT2D eigenvalue weighted by atomic mass is 35.5. The third-order valence-electron chi connectivity index (χ3n) is 4.14. The second kappa shape index (κ2) is 11.3. The molecule has 1 aliphatic rings. The van der Waals surface area contributed by atoms with Crippen LogP contribution in [-0.2, 0) is 11.2 Å². The highest BCUT2D eigenvalue weighted by molar-refractivity contribution is 6.30. The minimum absolute atomic E-state index is 0.779. The average Bonchev–Trinajstić information content (AvgIpc) is 2.62. The van der Waals surface area contributed by atoms with Gasteiger partial charge in [0.25, 0.3) is 0 Å². The van der Waals surface area contributed by atoms with Crippen molar-refractivity contribution in [1.82, 2.24) is 15.5 Å².